The van der Waals surface area contributed by atoms with Crippen molar-refractivity contribution in [1.82, 2.24) is 4.98 Å². The summed E-state index contributed by atoms with van der Waals surface area (Å²) in [6.45, 7) is 1.33. The van der Waals surface area contributed by atoms with Crippen molar-refractivity contribution in [1.29, 1.82) is 0 Å². The highest BCUT2D eigenvalue weighted by atomic mass is 19.4. The summed E-state index contributed by atoms with van der Waals surface area (Å²) in [5, 5.41) is 4.57. The van der Waals surface area contributed by atoms with Crippen molar-refractivity contribution in [2.24, 2.45) is 0 Å². The first-order valence-corrected chi connectivity index (χ1v) is 6.15. The number of carbonyl (C=O) groups is 1. The summed E-state index contributed by atoms with van der Waals surface area (Å²) in [5.74, 6) is -0.625. The van der Waals surface area contributed by atoms with Crippen LogP contribution in [0, 0.1) is 12.7 Å². The molecule has 0 aliphatic heterocycles. The van der Waals surface area contributed by atoms with Crippen molar-refractivity contribution in [3.05, 3.63) is 53.6 Å². The third-order valence-electron chi connectivity index (χ3n) is 2.75. The molecule has 0 radical (unpaired) electrons. The van der Waals surface area contributed by atoms with E-state index in [9.17, 15) is 22.4 Å². The van der Waals surface area contributed by atoms with Gasteiger partial charge in [0.05, 0.1) is 17.1 Å². The Balaban J connectivity index is 2.11. The zero-order chi connectivity index (χ0) is 16.3. The van der Waals surface area contributed by atoms with E-state index in [1.807, 2.05) is 0 Å². The summed E-state index contributed by atoms with van der Waals surface area (Å²) in [4.78, 5) is 15.1. The fraction of sp³-hybridized carbons (Fsp3) is 0.143. The molecule has 0 aliphatic rings. The first-order valence-electron chi connectivity index (χ1n) is 6.15. The van der Waals surface area contributed by atoms with Crippen molar-refractivity contribution in [2.75, 3.05) is 10.6 Å². The van der Waals surface area contributed by atoms with E-state index in [-0.39, 0.29) is 17.1 Å². The first-order chi connectivity index (χ1) is 10.3. The molecule has 2 N–H and O–H groups in total. The molecule has 1 aromatic carbocycles. The number of urea groups is 1. The Hall–Kier alpha value is -2.64. The summed E-state index contributed by atoms with van der Waals surface area (Å²) in [7, 11) is 0. The number of aromatic nitrogens is 1. The molecule has 1 aromatic heterocycles. The number of rotatable bonds is 2. The molecule has 2 amide bonds. The zero-order valence-corrected chi connectivity index (χ0v) is 11.3. The summed E-state index contributed by atoms with van der Waals surface area (Å²) in [6.07, 6.45) is -4.56. The average molecular weight is 313 g/mol. The molecule has 22 heavy (non-hydrogen) atoms. The molecule has 0 spiro atoms. The number of anilines is 2. The van der Waals surface area contributed by atoms with Crippen molar-refractivity contribution in [2.45, 2.75) is 13.1 Å². The highest BCUT2D eigenvalue weighted by molar-refractivity contribution is 6.00. The lowest BCUT2D eigenvalue weighted by Crippen LogP contribution is -2.21. The van der Waals surface area contributed by atoms with Crippen LogP contribution >= 0.6 is 0 Å². The van der Waals surface area contributed by atoms with E-state index in [0.717, 1.165) is 12.1 Å². The van der Waals surface area contributed by atoms with Crippen LogP contribution in [-0.4, -0.2) is 11.0 Å². The van der Waals surface area contributed by atoms with Gasteiger partial charge in [0.1, 0.15) is 11.5 Å². The Bertz CT molecular complexity index is 701. The van der Waals surface area contributed by atoms with E-state index in [2.05, 4.69) is 15.6 Å². The van der Waals surface area contributed by atoms with E-state index in [1.54, 1.807) is 0 Å². The molecule has 2 rings (SSSR count). The van der Waals surface area contributed by atoms with Gasteiger partial charge >= 0.3 is 12.2 Å². The van der Waals surface area contributed by atoms with Crippen LogP contribution in [-0.2, 0) is 6.18 Å². The quantitative estimate of drug-likeness (QED) is 0.817. The molecule has 0 saturated carbocycles. The maximum atomic E-state index is 13.4. The monoisotopic (exact) mass is 313 g/mol. The highest BCUT2D eigenvalue weighted by Gasteiger charge is 2.32. The number of aryl methyl sites for hydroxylation is 1. The topological polar surface area (TPSA) is 54.0 Å². The van der Waals surface area contributed by atoms with Crippen molar-refractivity contribution < 1.29 is 22.4 Å². The molecule has 0 unspecified atom stereocenters. The fourth-order valence-electron chi connectivity index (χ4n) is 1.69. The number of pyridine rings is 1. The highest BCUT2D eigenvalue weighted by Crippen LogP contribution is 2.29. The van der Waals surface area contributed by atoms with Gasteiger partial charge in [-0.05, 0) is 31.2 Å². The number of carbonyl (C=O) groups excluding carboxylic acids is 1. The Morgan fingerprint density at radius 3 is 2.27 bits per heavy atom. The fourth-order valence-corrected chi connectivity index (χ4v) is 1.69. The van der Waals surface area contributed by atoms with Crippen LogP contribution in [0.5, 0.6) is 0 Å². The average Bonchev–Trinajstić information content (AvgIpc) is 2.42. The van der Waals surface area contributed by atoms with E-state index in [4.69, 9.17) is 0 Å². The molecule has 4 nitrogen and oxygen atoms in total. The predicted octanol–water partition coefficient (Wildman–Crippen LogP) is 4.19. The number of para-hydroxylation sites is 1. The predicted molar refractivity (Wildman–Crippen MR) is 73.0 cm³/mol. The van der Waals surface area contributed by atoms with Gasteiger partial charge in [-0.15, -0.1) is 0 Å². The number of hydrogen-bond acceptors (Lipinski definition) is 2. The van der Waals surface area contributed by atoms with Gasteiger partial charge in [0, 0.05) is 0 Å². The van der Waals surface area contributed by atoms with Crippen LogP contribution in [0.3, 0.4) is 0 Å². The number of nitrogens with one attached hydrogen (secondary N) is 2. The van der Waals surface area contributed by atoms with E-state index in [1.165, 1.54) is 31.2 Å². The van der Waals surface area contributed by atoms with Crippen molar-refractivity contribution in [3.8, 4) is 0 Å². The van der Waals surface area contributed by atoms with Crippen LogP contribution in [0.2, 0.25) is 0 Å². The van der Waals surface area contributed by atoms with Crippen LogP contribution in [0.4, 0.5) is 33.7 Å². The van der Waals surface area contributed by atoms with Gasteiger partial charge in [-0.1, -0.05) is 12.1 Å². The largest absolute Gasteiger partial charge is 0.433 e. The zero-order valence-electron chi connectivity index (χ0n) is 11.3. The smallest absolute Gasteiger partial charge is 0.306 e. The second-order valence-electron chi connectivity index (χ2n) is 4.39. The number of benzene rings is 1. The van der Waals surface area contributed by atoms with Gasteiger partial charge in [0.25, 0.3) is 0 Å². The summed E-state index contributed by atoms with van der Waals surface area (Å²) in [6, 6.07) is 6.58. The Morgan fingerprint density at radius 1 is 1.05 bits per heavy atom. The Kier molecular flexibility index (Phi) is 4.30. The van der Waals surface area contributed by atoms with Gasteiger partial charge in [0.15, 0.2) is 0 Å². The molecular formula is C14H11F4N3O. The molecule has 116 valence electrons. The van der Waals surface area contributed by atoms with Gasteiger partial charge in [0.2, 0.25) is 0 Å². The number of halogens is 4. The molecule has 0 aliphatic carbocycles. The third-order valence-corrected chi connectivity index (χ3v) is 2.75. The first kappa shape index (κ1) is 15.7. The normalized spacial score (nSPS) is 11.1. The number of alkyl halides is 3. The van der Waals surface area contributed by atoms with Gasteiger partial charge in [-0.25, -0.2) is 14.2 Å². The van der Waals surface area contributed by atoms with Crippen LogP contribution in [0.1, 0.15) is 11.4 Å². The molecule has 0 atom stereocenters. The minimum atomic E-state index is -4.56. The molecule has 2 aromatic rings. The van der Waals surface area contributed by atoms with Crippen LogP contribution in [0.15, 0.2) is 36.4 Å². The van der Waals surface area contributed by atoms with Gasteiger partial charge < -0.3 is 10.6 Å². The van der Waals surface area contributed by atoms with Crippen molar-refractivity contribution >= 4 is 17.4 Å². The second kappa shape index (κ2) is 6.00. The molecular weight excluding hydrogens is 302 g/mol. The summed E-state index contributed by atoms with van der Waals surface area (Å²) in [5.41, 5.74) is -0.997. The maximum absolute atomic E-state index is 13.4. The lowest BCUT2D eigenvalue weighted by Gasteiger charge is -2.12. The minimum absolute atomic E-state index is 0.00138. The van der Waals surface area contributed by atoms with E-state index in [0.29, 0.717) is 0 Å². The minimum Gasteiger partial charge on any atom is -0.306 e. The number of hydrogen-bond donors (Lipinski definition) is 2. The van der Waals surface area contributed by atoms with E-state index < -0.39 is 23.7 Å². The summed E-state index contributed by atoms with van der Waals surface area (Å²) >= 11 is 0. The third kappa shape index (κ3) is 3.72. The number of nitrogens with zero attached hydrogens (tertiary/aromatic N) is 1. The number of amides is 2. The van der Waals surface area contributed by atoms with Gasteiger partial charge in [-0.3, -0.25) is 0 Å². The molecule has 1 heterocycles. The molecule has 0 fully saturated rings. The second-order valence-corrected chi connectivity index (χ2v) is 4.39. The maximum Gasteiger partial charge on any atom is 0.433 e. The lowest BCUT2D eigenvalue weighted by atomic mass is 10.2. The van der Waals surface area contributed by atoms with Gasteiger partial charge in [-0.2, -0.15) is 13.2 Å². The van der Waals surface area contributed by atoms with Crippen molar-refractivity contribution in [3.63, 3.8) is 0 Å². The van der Waals surface area contributed by atoms with Crippen LogP contribution < -0.4 is 10.6 Å². The molecule has 0 saturated heterocycles. The summed E-state index contributed by atoms with van der Waals surface area (Å²) < 4.78 is 50.8. The van der Waals surface area contributed by atoms with E-state index >= 15 is 0 Å². The van der Waals surface area contributed by atoms with Crippen LogP contribution in [0.25, 0.3) is 0 Å². The Labute approximate surface area is 123 Å². The molecule has 0 bridgehead atoms. The SMILES string of the molecule is Cc1nc(C(F)(F)F)ccc1NC(=O)Nc1ccccc1F. The standard InChI is InChI=1S/C14H11F4N3O/c1-8-10(6-7-12(19-8)14(16,17)18)20-13(22)21-11-5-3-2-4-9(11)15/h2-7H,1H3,(H2,20,21,22). The molecule has 8 heteroatoms. The lowest BCUT2D eigenvalue weighted by molar-refractivity contribution is -0.141. The Morgan fingerprint density at radius 2 is 1.68 bits per heavy atom.